The molecule has 0 saturated carbocycles. The molecule has 0 aliphatic heterocycles. The van der Waals surface area contributed by atoms with Crippen molar-refractivity contribution in [1.82, 2.24) is 4.90 Å². The molecule has 0 radical (unpaired) electrons. The van der Waals surface area contributed by atoms with E-state index in [0.29, 0.717) is 22.9 Å². The minimum atomic E-state index is -0.264. The van der Waals surface area contributed by atoms with Crippen molar-refractivity contribution in [3.05, 3.63) is 58.1 Å². The van der Waals surface area contributed by atoms with Gasteiger partial charge in [-0.1, -0.05) is 19.9 Å². The van der Waals surface area contributed by atoms with Crippen LogP contribution < -0.4 is 10.1 Å². The van der Waals surface area contributed by atoms with Gasteiger partial charge in [0, 0.05) is 25.3 Å². The number of nitrogens with zero attached hydrogens (tertiary/aromatic N) is 1. The smallest absolute Gasteiger partial charge is 0.262 e. The van der Waals surface area contributed by atoms with E-state index >= 15 is 0 Å². The van der Waals surface area contributed by atoms with Crippen LogP contribution in [0.1, 0.15) is 42.1 Å². The normalized spacial score (nSPS) is 11.6. The summed E-state index contributed by atoms with van der Waals surface area (Å²) >= 11 is 3.50. The van der Waals surface area contributed by atoms with Crippen LogP contribution in [-0.2, 0) is 4.79 Å². The third-order valence-corrected chi connectivity index (χ3v) is 4.94. The fourth-order valence-electron chi connectivity index (χ4n) is 2.47. The molecule has 0 saturated heterocycles. The third kappa shape index (κ3) is 5.82. The van der Waals surface area contributed by atoms with E-state index < -0.39 is 0 Å². The van der Waals surface area contributed by atoms with Crippen molar-refractivity contribution in [2.45, 2.75) is 26.2 Å². The van der Waals surface area contributed by atoms with Gasteiger partial charge in [-0.2, -0.15) is 0 Å². The van der Waals surface area contributed by atoms with Crippen molar-refractivity contribution in [3.8, 4) is 5.75 Å². The monoisotopic (exact) mass is 432 g/mol. The van der Waals surface area contributed by atoms with Gasteiger partial charge in [0.05, 0.1) is 4.47 Å². The molecule has 1 unspecified atom stereocenters. The molecule has 144 valence electrons. The highest BCUT2D eigenvalue weighted by Crippen LogP contribution is 2.30. The van der Waals surface area contributed by atoms with Gasteiger partial charge in [0.2, 0.25) is 0 Å². The van der Waals surface area contributed by atoms with Gasteiger partial charge in [-0.05, 0) is 70.2 Å². The Labute approximate surface area is 168 Å². The number of rotatable bonds is 7. The molecule has 1 N–H and O–H groups in total. The van der Waals surface area contributed by atoms with Gasteiger partial charge in [0.15, 0.2) is 6.61 Å². The SMILES string of the molecule is CCC(C)c1ccc(OCC(=O)Nc2ccc(C(=O)N(C)C)cc2)c(Br)c1. The van der Waals surface area contributed by atoms with Crippen molar-refractivity contribution < 1.29 is 14.3 Å². The highest BCUT2D eigenvalue weighted by Gasteiger charge is 2.11. The number of benzene rings is 2. The Bertz CT molecular complexity index is 804. The first-order valence-corrected chi connectivity index (χ1v) is 9.65. The molecule has 0 aromatic heterocycles. The van der Waals surface area contributed by atoms with Crippen LogP contribution in [0.5, 0.6) is 5.75 Å². The second-order valence-electron chi connectivity index (χ2n) is 6.61. The molecule has 0 aliphatic carbocycles. The summed E-state index contributed by atoms with van der Waals surface area (Å²) in [5, 5.41) is 2.76. The topological polar surface area (TPSA) is 58.6 Å². The largest absolute Gasteiger partial charge is 0.483 e. The minimum Gasteiger partial charge on any atom is -0.483 e. The quantitative estimate of drug-likeness (QED) is 0.690. The second kappa shape index (κ2) is 9.55. The second-order valence-corrected chi connectivity index (χ2v) is 7.47. The molecule has 0 fully saturated rings. The molecule has 1 atom stereocenters. The van der Waals surface area contributed by atoms with Crippen LogP contribution in [-0.4, -0.2) is 37.4 Å². The minimum absolute atomic E-state index is 0.0816. The average Bonchev–Trinajstić information content (AvgIpc) is 2.66. The van der Waals surface area contributed by atoms with Crippen molar-refractivity contribution in [2.24, 2.45) is 0 Å². The molecule has 5 nitrogen and oxygen atoms in total. The lowest BCUT2D eigenvalue weighted by molar-refractivity contribution is -0.118. The highest BCUT2D eigenvalue weighted by molar-refractivity contribution is 9.10. The summed E-state index contributed by atoms with van der Waals surface area (Å²) in [7, 11) is 3.39. The van der Waals surface area contributed by atoms with Gasteiger partial charge in [-0.3, -0.25) is 9.59 Å². The summed E-state index contributed by atoms with van der Waals surface area (Å²) in [6, 6.07) is 12.7. The van der Waals surface area contributed by atoms with Crippen LogP contribution in [0.15, 0.2) is 46.9 Å². The van der Waals surface area contributed by atoms with Crippen LogP contribution >= 0.6 is 15.9 Å². The van der Waals surface area contributed by atoms with Crippen molar-refractivity contribution >= 4 is 33.4 Å². The molecule has 2 rings (SSSR count). The number of carbonyl (C=O) groups is 2. The van der Waals surface area contributed by atoms with E-state index in [1.165, 1.54) is 10.5 Å². The van der Waals surface area contributed by atoms with Gasteiger partial charge in [-0.15, -0.1) is 0 Å². The molecule has 2 amide bonds. The predicted molar refractivity (Wildman–Crippen MR) is 111 cm³/mol. The zero-order valence-electron chi connectivity index (χ0n) is 16.1. The Kier molecular flexibility index (Phi) is 7.42. The lowest BCUT2D eigenvalue weighted by atomic mass is 9.99. The average molecular weight is 433 g/mol. The van der Waals surface area contributed by atoms with Crippen LogP contribution in [0.3, 0.4) is 0 Å². The summed E-state index contributed by atoms with van der Waals surface area (Å²) in [5.74, 6) is 0.756. The lowest BCUT2D eigenvalue weighted by Gasteiger charge is -2.13. The number of hydrogen-bond acceptors (Lipinski definition) is 3. The molecule has 6 heteroatoms. The van der Waals surface area contributed by atoms with E-state index in [1.54, 1.807) is 38.4 Å². The number of carbonyl (C=O) groups excluding carboxylic acids is 2. The van der Waals surface area contributed by atoms with Crippen molar-refractivity contribution in [2.75, 3.05) is 26.0 Å². The van der Waals surface area contributed by atoms with Crippen LogP contribution in [0.4, 0.5) is 5.69 Å². The molecular formula is C21H25BrN2O3. The van der Waals surface area contributed by atoms with Crippen molar-refractivity contribution in [1.29, 1.82) is 0 Å². The summed E-state index contributed by atoms with van der Waals surface area (Å²) < 4.78 is 6.45. The third-order valence-electron chi connectivity index (χ3n) is 4.32. The van der Waals surface area contributed by atoms with Gasteiger partial charge in [-0.25, -0.2) is 0 Å². The maximum absolute atomic E-state index is 12.1. The Morgan fingerprint density at radius 3 is 2.37 bits per heavy atom. The number of halogens is 1. The summed E-state index contributed by atoms with van der Waals surface area (Å²) in [6.07, 6.45) is 1.06. The first kappa shape index (κ1) is 21.0. The standard InChI is InChI=1S/C21H25BrN2O3/c1-5-14(2)16-8-11-19(18(22)12-16)27-13-20(25)23-17-9-6-15(7-10-17)21(26)24(3)4/h6-12,14H,5,13H2,1-4H3,(H,23,25). The van der Waals surface area contributed by atoms with Gasteiger partial charge in [0.1, 0.15) is 5.75 Å². The number of ether oxygens (including phenoxy) is 1. The number of amides is 2. The Balaban J connectivity index is 1.92. The van der Waals surface area contributed by atoms with E-state index in [-0.39, 0.29) is 18.4 Å². The number of anilines is 1. The fourth-order valence-corrected chi connectivity index (χ4v) is 2.98. The van der Waals surface area contributed by atoms with Crippen LogP contribution in [0, 0.1) is 0 Å². The predicted octanol–water partition coefficient (Wildman–Crippen LogP) is 4.68. The zero-order valence-corrected chi connectivity index (χ0v) is 17.7. The van der Waals surface area contributed by atoms with E-state index in [1.807, 2.05) is 18.2 Å². The summed E-state index contributed by atoms with van der Waals surface area (Å²) in [5.41, 5.74) is 2.42. The number of nitrogens with one attached hydrogen (secondary N) is 1. The van der Waals surface area contributed by atoms with Gasteiger partial charge in [0.25, 0.3) is 11.8 Å². The Hall–Kier alpha value is -2.34. The maximum Gasteiger partial charge on any atom is 0.262 e. The maximum atomic E-state index is 12.1. The summed E-state index contributed by atoms with van der Waals surface area (Å²) in [6.45, 7) is 4.23. The fraction of sp³-hybridized carbons (Fsp3) is 0.333. The van der Waals surface area contributed by atoms with E-state index in [2.05, 4.69) is 35.1 Å². The summed E-state index contributed by atoms with van der Waals surface area (Å²) in [4.78, 5) is 25.5. The van der Waals surface area contributed by atoms with E-state index in [0.717, 1.165) is 10.9 Å². The Morgan fingerprint density at radius 2 is 1.81 bits per heavy atom. The molecule has 27 heavy (non-hydrogen) atoms. The first-order chi connectivity index (χ1) is 12.8. The molecule has 0 aliphatic rings. The highest BCUT2D eigenvalue weighted by atomic mass is 79.9. The van der Waals surface area contributed by atoms with E-state index in [4.69, 9.17) is 4.74 Å². The molecule has 0 bridgehead atoms. The van der Waals surface area contributed by atoms with Gasteiger partial charge < -0.3 is 15.0 Å². The molecule has 0 spiro atoms. The van der Waals surface area contributed by atoms with E-state index in [9.17, 15) is 9.59 Å². The lowest BCUT2D eigenvalue weighted by Crippen LogP contribution is -2.22. The van der Waals surface area contributed by atoms with Crippen molar-refractivity contribution in [3.63, 3.8) is 0 Å². The zero-order chi connectivity index (χ0) is 20.0. The molecular weight excluding hydrogens is 408 g/mol. The van der Waals surface area contributed by atoms with Crippen LogP contribution in [0.2, 0.25) is 0 Å². The Morgan fingerprint density at radius 1 is 1.15 bits per heavy atom. The number of hydrogen-bond donors (Lipinski definition) is 1. The molecule has 2 aromatic rings. The molecule has 2 aromatic carbocycles. The van der Waals surface area contributed by atoms with Gasteiger partial charge >= 0.3 is 0 Å². The van der Waals surface area contributed by atoms with Crippen LogP contribution in [0.25, 0.3) is 0 Å². The molecule has 0 heterocycles. The first-order valence-electron chi connectivity index (χ1n) is 8.85.